The zero-order chi connectivity index (χ0) is 22.0. The predicted octanol–water partition coefficient (Wildman–Crippen LogP) is 2.78. The van der Waals surface area contributed by atoms with Crippen molar-refractivity contribution in [1.82, 2.24) is 15.1 Å². The minimum absolute atomic E-state index is 0.248. The Morgan fingerprint density at radius 2 is 1.90 bits per heavy atom. The van der Waals surface area contributed by atoms with E-state index in [1.54, 1.807) is 36.1 Å². The Morgan fingerprint density at radius 1 is 1.13 bits per heavy atom. The molecule has 7 heteroatoms. The molecule has 0 radical (unpaired) electrons. The van der Waals surface area contributed by atoms with E-state index in [2.05, 4.69) is 17.4 Å². The highest BCUT2D eigenvalue weighted by molar-refractivity contribution is 6.09. The largest absolute Gasteiger partial charge is 0.497 e. The van der Waals surface area contributed by atoms with Crippen molar-refractivity contribution in [3.05, 3.63) is 71.8 Å². The first kappa shape index (κ1) is 20.7. The van der Waals surface area contributed by atoms with Gasteiger partial charge in [-0.05, 0) is 42.2 Å². The lowest BCUT2D eigenvalue weighted by atomic mass is 9.92. The van der Waals surface area contributed by atoms with E-state index < -0.39 is 17.5 Å². The SMILES string of the molecule is COc1cccc([C@]2(C)NC(=O)N(CC(=O)N3CC=C(c4ccccc4)CC3)C2=O)c1. The number of carbonyl (C=O) groups is 3. The number of rotatable bonds is 5. The van der Waals surface area contributed by atoms with Gasteiger partial charge in [-0.15, -0.1) is 0 Å². The van der Waals surface area contributed by atoms with Crippen molar-refractivity contribution >= 4 is 23.4 Å². The van der Waals surface area contributed by atoms with Gasteiger partial charge in [0.25, 0.3) is 5.91 Å². The van der Waals surface area contributed by atoms with Crippen molar-refractivity contribution < 1.29 is 19.1 Å². The maximum Gasteiger partial charge on any atom is 0.325 e. The van der Waals surface area contributed by atoms with Gasteiger partial charge in [0.2, 0.25) is 5.91 Å². The Morgan fingerprint density at radius 3 is 2.58 bits per heavy atom. The third-order valence-electron chi connectivity index (χ3n) is 5.92. The zero-order valence-corrected chi connectivity index (χ0v) is 17.6. The summed E-state index contributed by atoms with van der Waals surface area (Å²) in [7, 11) is 1.54. The maximum atomic E-state index is 13.1. The number of urea groups is 1. The third-order valence-corrected chi connectivity index (χ3v) is 5.92. The van der Waals surface area contributed by atoms with Gasteiger partial charge < -0.3 is 15.0 Å². The Labute approximate surface area is 181 Å². The molecule has 1 atom stereocenters. The molecule has 160 valence electrons. The highest BCUT2D eigenvalue weighted by Crippen LogP contribution is 2.31. The number of imide groups is 1. The second-order valence-electron chi connectivity index (χ2n) is 7.86. The number of hydrogen-bond acceptors (Lipinski definition) is 4. The van der Waals surface area contributed by atoms with Crippen LogP contribution in [-0.2, 0) is 15.1 Å². The second kappa shape index (κ2) is 8.26. The molecule has 1 N–H and O–H groups in total. The van der Waals surface area contributed by atoms with Crippen molar-refractivity contribution in [1.29, 1.82) is 0 Å². The quantitative estimate of drug-likeness (QED) is 0.756. The minimum Gasteiger partial charge on any atom is -0.497 e. The minimum atomic E-state index is -1.24. The molecule has 2 aromatic rings. The molecule has 31 heavy (non-hydrogen) atoms. The van der Waals surface area contributed by atoms with Gasteiger partial charge in [-0.2, -0.15) is 0 Å². The van der Waals surface area contributed by atoms with Gasteiger partial charge >= 0.3 is 6.03 Å². The summed E-state index contributed by atoms with van der Waals surface area (Å²) in [6.45, 7) is 2.37. The van der Waals surface area contributed by atoms with Crippen molar-refractivity contribution in [2.24, 2.45) is 0 Å². The number of benzene rings is 2. The third kappa shape index (κ3) is 3.91. The van der Waals surface area contributed by atoms with E-state index in [1.165, 1.54) is 12.7 Å². The molecule has 0 bridgehead atoms. The number of amides is 4. The number of ether oxygens (including phenoxy) is 1. The average molecular weight is 419 g/mol. The van der Waals surface area contributed by atoms with Crippen LogP contribution in [0.5, 0.6) is 5.75 Å². The number of hydrogen-bond donors (Lipinski definition) is 1. The molecule has 0 spiro atoms. The Bertz CT molecular complexity index is 1050. The van der Waals surface area contributed by atoms with Crippen molar-refractivity contribution in [3.63, 3.8) is 0 Å². The van der Waals surface area contributed by atoms with E-state index in [0.29, 0.717) is 24.4 Å². The molecule has 2 heterocycles. The summed E-state index contributed by atoms with van der Waals surface area (Å²) >= 11 is 0. The summed E-state index contributed by atoms with van der Waals surface area (Å²) in [5.41, 5.74) is 1.71. The van der Waals surface area contributed by atoms with E-state index >= 15 is 0 Å². The van der Waals surface area contributed by atoms with Crippen LogP contribution >= 0.6 is 0 Å². The summed E-state index contributed by atoms with van der Waals surface area (Å²) in [4.78, 5) is 41.2. The van der Waals surface area contributed by atoms with Crippen LogP contribution in [0, 0.1) is 0 Å². The predicted molar refractivity (Wildman–Crippen MR) is 116 cm³/mol. The van der Waals surface area contributed by atoms with Crippen LogP contribution in [0.4, 0.5) is 4.79 Å². The topological polar surface area (TPSA) is 79.0 Å². The molecular weight excluding hydrogens is 394 g/mol. The fraction of sp³-hybridized carbons (Fsp3) is 0.292. The molecule has 1 saturated heterocycles. The molecule has 0 saturated carbocycles. The molecule has 2 aromatic carbocycles. The standard InChI is InChI=1S/C24H25N3O4/c1-24(19-9-6-10-20(15-19)31-2)22(29)27(23(30)25-24)16-21(28)26-13-11-18(12-14-26)17-7-4-3-5-8-17/h3-11,15H,12-14,16H2,1-2H3,(H,25,30)/t24-/m0/s1. The van der Waals surface area contributed by atoms with Gasteiger partial charge in [-0.1, -0.05) is 48.5 Å². The molecule has 0 unspecified atom stereocenters. The first-order valence-corrected chi connectivity index (χ1v) is 10.2. The Kier molecular flexibility index (Phi) is 5.50. The lowest BCUT2D eigenvalue weighted by Gasteiger charge is -2.28. The first-order valence-electron chi connectivity index (χ1n) is 10.2. The number of methoxy groups -OCH3 is 1. The Hall–Kier alpha value is -3.61. The number of nitrogens with zero attached hydrogens (tertiary/aromatic N) is 2. The summed E-state index contributed by atoms with van der Waals surface area (Å²) in [6, 6.07) is 16.5. The fourth-order valence-electron chi connectivity index (χ4n) is 4.02. The van der Waals surface area contributed by atoms with Crippen LogP contribution in [0.2, 0.25) is 0 Å². The molecule has 2 aliphatic heterocycles. The van der Waals surface area contributed by atoms with E-state index in [0.717, 1.165) is 16.9 Å². The molecule has 2 aliphatic rings. The summed E-state index contributed by atoms with van der Waals surface area (Å²) in [6.07, 6.45) is 2.76. The summed E-state index contributed by atoms with van der Waals surface area (Å²) < 4.78 is 5.23. The van der Waals surface area contributed by atoms with Crippen molar-refractivity contribution in [3.8, 4) is 5.75 Å². The van der Waals surface area contributed by atoms with E-state index in [-0.39, 0.29) is 12.5 Å². The van der Waals surface area contributed by atoms with Gasteiger partial charge in [0, 0.05) is 13.1 Å². The van der Waals surface area contributed by atoms with Crippen molar-refractivity contribution in [2.75, 3.05) is 26.7 Å². The Balaban J connectivity index is 1.45. The van der Waals surface area contributed by atoms with Gasteiger partial charge in [0.05, 0.1) is 7.11 Å². The molecule has 0 aliphatic carbocycles. The second-order valence-corrected chi connectivity index (χ2v) is 7.86. The van der Waals surface area contributed by atoms with Gasteiger partial charge in [-0.3, -0.25) is 14.5 Å². The monoisotopic (exact) mass is 419 g/mol. The summed E-state index contributed by atoms with van der Waals surface area (Å²) in [5.74, 6) is -0.108. The molecule has 4 amide bonds. The van der Waals surface area contributed by atoms with Crippen LogP contribution in [0.1, 0.15) is 24.5 Å². The van der Waals surface area contributed by atoms with E-state index in [4.69, 9.17) is 4.74 Å². The summed E-state index contributed by atoms with van der Waals surface area (Å²) in [5, 5.41) is 2.73. The van der Waals surface area contributed by atoms with E-state index in [9.17, 15) is 14.4 Å². The van der Waals surface area contributed by atoms with Crippen LogP contribution in [0.25, 0.3) is 5.57 Å². The first-order chi connectivity index (χ1) is 14.9. The van der Waals surface area contributed by atoms with Crippen molar-refractivity contribution in [2.45, 2.75) is 18.9 Å². The maximum absolute atomic E-state index is 13.1. The van der Waals surface area contributed by atoms with Gasteiger partial charge in [0.15, 0.2) is 0 Å². The zero-order valence-electron chi connectivity index (χ0n) is 17.6. The van der Waals surface area contributed by atoms with Gasteiger partial charge in [0.1, 0.15) is 17.8 Å². The molecular formula is C24H25N3O4. The van der Waals surface area contributed by atoms with E-state index in [1.807, 2.05) is 24.3 Å². The van der Waals surface area contributed by atoms with Crippen LogP contribution in [0.15, 0.2) is 60.7 Å². The van der Waals surface area contributed by atoms with Gasteiger partial charge in [-0.25, -0.2) is 4.79 Å². The molecule has 1 fully saturated rings. The average Bonchev–Trinajstić information content (AvgIpc) is 3.03. The fourth-order valence-corrected chi connectivity index (χ4v) is 4.02. The van der Waals surface area contributed by atoms with Crippen LogP contribution in [0.3, 0.4) is 0 Å². The molecule has 0 aromatic heterocycles. The lowest BCUT2D eigenvalue weighted by Crippen LogP contribution is -2.45. The normalized spacial score (nSPS) is 21.0. The number of carbonyl (C=O) groups excluding carboxylic acids is 3. The lowest BCUT2D eigenvalue weighted by molar-refractivity contribution is -0.138. The van der Waals surface area contributed by atoms with Crippen LogP contribution in [-0.4, -0.2) is 54.4 Å². The molecule has 4 rings (SSSR count). The smallest absolute Gasteiger partial charge is 0.325 e. The highest BCUT2D eigenvalue weighted by atomic mass is 16.5. The van der Waals surface area contributed by atoms with Crippen LogP contribution < -0.4 is 10.1 Å². The number of nitrogens with one attached hydrogen (secondary N) is 1. The highest BCUT2D eigenvalue weighted by Gasteiger charge is 2.49. The molecule has 7 nitrogen and oxygen atoms in total.